The summed E-state index contributed by atoms with van der Waals surface area (Å²) in [5.41, 5.74) is 0. The summed E-state index contributed by atoms with van der Waals surface area (Å²) in [5.74, 6) is 0. The van der Waals surface area contributed by atoms with E-state index in [1.807, 2.05) is 22.9 Å². The summed E-state index contributed by atoms with van der Waals surface area (Å²) >= 11 is 4.64. The second-order valence-electron chi connectivity index (χ2n) is 2.72. The lowest BCUT2D eigenvalue weighted by molar-refractivity contribution is 0.768. The lowest BCUT2D eigenvalue weighted by Crippen LogP contribution is -1.95. The molecule has 0 aliphatic carbocycles. The Labute approximate surface area is 103 Å². The van der Waals surface area contributed by atoms with Gasteiger partial charge in [0.25, 0.3) is 0 Å². The van der Waals surface area contributed by atoms with E-state index in [1.165, 1.54) is 11.8 Å². The molecule has 3 aromatic rings. The fourth-order valence-electron chi connectivity index (χ4n) is 1.11. The van der Waals surface area contributed by atoms with Crippen molar-refractivity contribution in [2.24, 2.45) is 0 Å². The van der Waals surface area contributed by atoms with E-state index in [4.69, 9.17) is 0 Å². The van der Waals surface area contributed by atoms with E-state index in [1.54, 1.807) is 33.6 Å². The average Bonchev–Trinajstić information content (AvgIpc) is 2.98. The van der Waals surface area contributed by atoms with E-state index < -0.39 is 0 Å². The molecule has 0 fully saturated rings. The lowest BCUT2D eigenvalue weighted by Gasteiger charge is -1.97. The number of aromatic nitrogens is 5. The second-order valence-corrected chi connectivity index (χ2v) is 5.76. The first kappa shape index (κ1) is 9.94. The van der Waals surface area contributed by atoms with Gasteiger partial charge in [-0.3, -0.25) is 0 Å². The van der Waals surface area contributed by atoms with Crippen LogP contribution in [0, 0.1) is 0 Å². The van der Waals surface area contributed by atoms with E-state index in [9.17, 15) is 0 Å². The number of nitrogens with zero attached hydrogens (tertiary/aromatic N) is 5. The summed E-state index contributed by atoms with van der Waals surface area (Å²) in [6, 6.07) is 3.95. The summed E-state index contributed by atoms with van der Waals surface area (Å²) in [4.78, 5) is 4.19. The first-order chi connectivity index (χ1) is 7.93. The minimum atomic E-state index is 0.734. The van der Waals surface area contributed by atoms with Gasteiger partial charge in [0.15, 0.2) is 4.34 Å². The molecule has 0 spiro atoms. The molecule has 5 nitrogen and oxygen atoms in total. The molecule has 8 heteroatoms. The number of thiophene rings is 1. The van der Waals surface area contributed by atoms with Crippen molar-refractivity contribution in [2.45, 2.75) is 9.50 Å². The highest BCUT2D eigenvalue weighted by atomic mass is 32.2. The van der Waals surface area contributed by atoms with Crippen molar-refractivity contribution >= 4 is 34.4 Å². The normalized spacial score (nSPS) is 10.8. The van der Waals surface area contributed by atoms with Crippen molar-refractivity contribution in [2.75, 3.05) is 0 Å². The molecule has 0 bridgehead atoms. The fraction of sp³-hybridized carbons (Fsp3) is 0. The van der Waals surface area contributed by atoms with Crippen LogP contribution in [0.3, 0.4) is 0 Å². The zero-order chi connectivity index (χ0) is 10.8. The van der Waals surface area contributed by atoms with E-state index in [0.717, 1.165) is 14.5 Å². The molecule has 0 amide bonds. The van der Waals surface area contributed by atoms with Gasteiger partial charge in [-0.2, -0.15) is 4.68 Å². The standard InChI is InChI=1S/C8H5N5S3/c1-2-6(14-4-1)13-7(10-11-12-13)16-8-9-3-5-15-8/h1-5H. The van der Waals surface area contributed by atoms with Gasteiger partial charge in [0.05, 0.1) is 0 Å². The van der Waals surface area contributed by atoms with Crippen molar-refractivity contribution in [3.05, 3.63) is 29.1 Å². The van der Waals surface area contributed by atoms with Crippen LogP contribution in [0.15, 0.2) is 38.6 Å². The monoisotopic (exact) mass is 267 g/mol. The third-order valence-electron chi connectivity index (χ3n) is 1.74. The van der Waals surface area contributed by atoms with Crippen molar-refractivity contribution in [1.29, 1.82) is 0 Å². The molecule has 0 aliphatic rings. The third-order valence-corrected chi connectivity index (χ3v) is 4.41. The Kier molecular flexibility index (Phi) is 2.68. The molecule has 0 N–H and O–H groups in total. The molecule has 0 atom stereocenters. The highest BCUT2D eigenvalue weighted by Crippen LogP contribution is 2.29. The zero-order valence-electron chi connectivity index (χ0n) is 7.85. The minimum absolute atomic E-state index is 0.734. The van der Waals surface area contributed by atoms with Crippen LogP contribution in [0.5, 0.6) is 0 Å². The maximum atomic E-state index is 4.19. The van der Waals surface area contributed by atoms with E-state index in [-0.39, 0.29) is 0 Å². The maximum Gasteiger partial charge on any atom is 0.221 e. The highest BCUT2D eigenvalue weighted by molar-refractivity contribution is 8.00. The Balaban J connectivity index is 1.94. The predicted octanol–water partition coefficient (Wildman–Crippen LogP) is 2.33. The van der Waals surface area contributed by atoms with Gasteiger partial charge in [0.1, 0.15) is 5.00 Å². The molecule has 3 rings (SSSR count). The molecule has 0 aromatic carbocycles. The smallest absolute Gasteiger partial charge is 0.221 e. The summed E-state index contributed by atoms with van der Waals surface area (Å²) in [7, 11) is 0. The Morgan fingerprint density at radius 1 is 1.25 bits per heavy atom. The first-order valence-electron chi connectivity index (χ1n) is 4.33. The molecule has 16 heavy (non-hydrogen) atoms. The van der Waals surface area contributed by atoms with Gasteiger partial charge >= 0.3 is 0 Å². The van der Waals surface area contributed by atoms with Crippen LogP contribution in [-0.2, 0) is 0 Å². The van der Waals surface area contributed by atoms with Gasteiger partial charge in [-0.05, 0) is 39.7 Å². The van der Waals surface area contributed by atoms with Crippen molar-refractivity contribution in [3.8, 4) is 5.00 Å². The van der Waals surface area contributed by atoms with Crippen LogP contribution in [0.2, 0.25) is 0 Å². The third kappa shape index (κ3) is 1.86. The molecular weight excluding hydrogens is 262 g/mol. The second kappa shape index (κ2) is 4.32. The van der Waals surface area contributed by atoms with Gasteiger partial charge in [-0.25, -0.2) is 4.98 Å². The zero-order valence-corrected chi connectivity index (χ0v) is 10.3. The molecule has 80 valence electrons. The van der Waals surface area contributed by atoms with Crippen LogP contribution < -0.4 is 0 Å². The summed E-state index contributed by atoms with van der Waals surface area (Å²) in [5, 5.41) is 17.3. The molecule has 3 heterocycles. The number of hydrogen-bond donors (Lipinski definition) is 0. The quantitative estimate of drug-likeness (QED) is 0.729. The summed E-state index contributed by atoms with van der Waals surface area (Å²) < 4.78 is 2.66. The lowest BCUT2D eigenvalue weighted by atomic mass is 10.6. The van der Waals surface area contributed by atoms with Gasteiger partial charge < -0.3 is 0 Å². The molecule has 0 saturated heterocycles. The number of hydrogen-bond acceptors (Lipinski definition) is 7. The Morgan fingerprint density at radius 2 is 2.25 bits per heavy atom. The summed E-state index contributed by atoms with van der Waals surface area (Å²) in [6.45, 7) is 0. The maximum absolute atomic E-state index is 4.19. The highest BCUT2D eigenvalue weighted by Gasteiger charge is 2.11. The summed E-state index contributed by atoms with van der Waals surface area (Å²) in [6.07, 6.45) is 1.77. The van der Waals surface area contributed by atoms with Crippen LogP contribution >= 0.6 is 34.4 Å². The van der Waals surface area contributed by atoms with E-state index in [2.05, 4.69) is 20.5 Å². The molecule has 0 saturated carbocycles. The van der Waals surface area contributed by atoms with Crippen LogP contribution in [0.25, 0.3) is 5.00 Å². The molecule has 0 unspecified atom stereocenters. The topological polar surface area (TPSA) is 56.5 Å². The molecule has 0 aliphatic heterocycles. The van der Waals surface area contributed by atoms with Crippen LogP contribution in [0.1, 0.15) is 0 Å². The van der Waals surface area contributed by atoms with Gasteiger partial charge in [0.2, 0.25) is 5.16 Å². The predicted molar refractivity (Wildman–Crippen MR) is 63.3 cm³/mol. The van der Waals surface area contributed by atoms with Crippen molar-refractivity contribution in [1.82, 2.24) is 25.2 Å². The Bertz CT molecular complexity index is 556. The van der Waals surface area contributed by atoms with Crippen molar-refractivity contribution < 1.29 is 0 Å². The Morgan fingerprint density at radius 3 is 3.00 bits per heavy atom. The largest absolute Gasteiger partial charge is 0.238 e. The van der Waals surface area contributed by atoms with E-state index in [0.29, 0.717) is 0 Å². The number of tetrazole rings is 1. The first-order valence-corrected chi connectivity index (χ1v) is 6.91. The number of rotatable bonds is 3. The Hall–Kier alpha value is -1.25. The van der Waals surface area contributed by atoms with Gasteiger partial charge in [-0.1, -0.05) is 0 Å². The fourth-order valence-corrected chi connectivity index (χ4v) is 3.36. The van der Waals surface area contributed by atoms with E-state index >= 15 is 0 Å². The number of thiazole rings is 1. The molecule has 3 aromatic heterocycles. The SMILES string of the molecule is c1csc(-n2nnnc2Sc2nccs2)c1. The van der Waals surface area contributed by atoms with Crippen LogP contribution in [0.4, 0.5) is 0 Å². The van der Waals surface area contributed by atoms with Crippen LogP contribution in [-0.4, -0.2) is 25.2 Å². The van der Waals surface area contributed by atoms with Gasteiger partial charge in [-0.15, -0.1) is 27.8 Å². The molecule has 0 radical (unpaired) electrons. The van der Waals surface area contributed by atoms with Crippen molar-refractivity contribution in [3.63, 3.8) is 0 Å². The minimum Gasteiger partial charge on any atom is -0.238 e. The molecular formula is C8H5N5S3. The van der Waals surface area contributed by atoms with Gasteiger partial charge in [0, 0.05) is 11.6 Å². The average molecular weight is 267 g/mol.